The first-order chi connectivity index (χ1) is 22.0. The number of aromatic nitrogens is 3. The lowest BCUT2D eigenvalue weighted by molar-refractivity contribution is 0.00516. The second kappa shape index (κ2) is 11.6. The fourth-order valence-electron chi connectivity index (χ4n) is 6.37. The summed E-state index contributed by atoms with van der Waals surface area (Å²) in [5.74, 6) is 0.929. The zero-order valence-electron chi connectivity index (χ0n) is 28.9. The van der Waals surface area contributed by atoms with Crippen molar-refractivity contribution in [3.05, 3.63) is 58.5 Å². The van der Waals surface area contributed by atoms with Gasteiger partial charge in [-0.25, -0.2) is 24.5 Å². The number of hydrogen-bond donors (Lipinski definition) is 1. The van der Waals surface area contributed by atoms with Crippen LogP contribution in [-0.2, 0) is 34.5 Å². The minimum Gasteiger partial charge on any atom is -0.474 e. The Morgan fingerprint density at radius 1 is 0.936 bits per heavy atom. The van der Waals surface area contributed by atoms with Gasteiger partial charge in [-0.15, -0.1) is 0 Å². The Morgan fingerprint density at radius 2 is 1.66 bits per heavy atom. The Labute approximate surface area is 276 Å². The number of nitrogens with zero attached hydrogens (tertiary/aromatic N) is 6. The molecule has 3 aliphatic rings. The summed E-state index contributed by atoms with van der Waals surface area (Å²) in [6.07, 6.45) is 3.73. The van der Waals surface area contributed by atoms with Crippen molar-refractivity contribution in [1.29, 1.82) is 0 Å². The van der Waals surface area contributed by atoms with Crippen molar-refractivity contribution in [3.63, 3.8) is 0 Å². The van der Waals surface area contributed by atoms with Crippen molar-refractivity contribution in [2.75, 3.05) is 34.8 Å². The largest absolute Gasteiger partial charge is 0.474 e. The molecule has 3 aliphatic heterocycles. The average molecular weight is 644 g/mol. The Kier molecular flexibility index (Phi) is 7.96. The Balaban J connectivity index is 1.20. The van der Waals surface area contributed by atoms with Gasteiger partial charge < -0.3 is 24.4 Å². The molecular formula is C35H45N7O5. The van der Waals surface area contributed by atoms with E-state index in [-0.39, 0.29) is 6.09 Å². The zero-order valence-corrected chi connectivity index (χ0v) is 28.9. The molecule has 0 saturated heterocycles. The van der Waals surface area contributed by atoms with E-state index in [9.17, 15) is 9.59 Å². The Bertz CT molecular complexity index is 1730. The summed E-state index contributed by atoms with van der Waals surface area (Å²) in [7, 11) is 0. The third-order valence-electron chi connectivity index (χ3n) is 8.61. The van der Waals surface area contributed by atoms with Crippen LogP contribution in [0.25, 0.3) is 0 Å². The van der Waals surface area contributed by atoms with Crippen LogP contribution in [-0.4, -0.2) is 62.9 Å². The second-order valence-electron chi connectivity index (χ2n) is 14.9. The fraction of sp³-hybridized carbons (Fsp3) is 0.514. The number of rotatable bonds is 3. The summed E-state index contributed by atoms with van der Waals surface area (Å²) in [4.78, 5) is 45.9. The number of nitrogens with one attached hydrogen (secondary N) is 1. The van der Waals surface area contributed by atoms with Crippen molar-refractivity contribution < 1.29 is 23.8 Å². The molecule has 250 valence electrons. The van der Waals surface area contributed by atoms with Gasteiger partial charge in [-0.2, -0.15) is 0 Å². The minimum atomic E-state index is -0.618. The highest BCUT2D eigenvalue weighted by atomic mass is 16.6. The molecule has 0 bridgehead atoms. The van der Waals surface area contributed by atoms with Crippen LogP contribution in [0, 0.1) is 6.92 Å². The molecule has 0 aliphatic carbocycles. The fourth-order valence-corrected chi connectivity index (χ4v) is 6.37. The smallest absolute Gasteiger partial charge is 0.415 e. The molecule has 1 aromatic carbocycles. The number of ether oxygens (including phenoxy) is 3. The summed E-state index contributed by atoms with van der Waals surface area (Å²) < 4.78 is 17.2. The third-order valence-corrected chi connectivity index (χ3v) is 8.61. The van der Waals surface area contributed by atoms with E-state index in [2.05, 4.69) is 32.3 Å². The third kappa shape index (κ3) is 6.50. The number of carbonyl (C=O) groups excluding carboxylic acids is 2. The van der Waals surface area contributed by atoms with Crippen molar-refractivity contribution in [2.45, 2.75) is 98.6 Å². The highest BCUT2D eigenvalue weighted by Crippen LogP contribution is 2.42. The lowest BCUT2D eigenvalue weighted by Crippen LogP contribution is -2.43. The van der Waals surface area contributed by atoms with Gasteiger partial charge in [0.1, 0.15) is 23.5 Å². The number of amides is 2. The molecule has 5 heterocycles. The summed E-state index contributed by atoms with van der Waals surface area (Å²) in [5, 5.41) is 3.37. The standard InChI is InChI=1S/C35H45N7O5/c1-21-27(18-36-29-28(21)41(14-15-45-29)31(43)46-33(2,3)4)40-13-12-22-17-37-30(39-26(22)20-40)38-24-10-11-25-23(16-24)19-42(35(25,8)9)32(44)47-34(5,6)7/h10-11,16-18H,12-15,19-20H2,1-9H3,(H,37,38,39). The van der Waals surface area contributed by atoms with Crippen LogP contribution in [0.1, 0.15) is 83.3 Å². The van der Waals surface area contributed by atoms with E-state index in [1.807, 2.05) is 80.8 Å². The van der Waals surface area contributed by atoms with Crippen LogP contribution in [0.4, 0.5) is 32.6 Å². The summed E-state index contributed by atoms with van der Waals surface area (Å²) in [6, 6.07) is 6.10. The summed E-state index contributed by atoms with van der Waals surface area (Å²) >= 11 is 0. The summed E-state index contributed by atoms with van der Waals surface area (Å²) in [6.45, 7) is 19.8. The van der Waals surface area contributed by atoms with Gasteiger partial charge in [0, 0.05) is 24.0 Å². The molecule has 1 N–H and O–H groups in total. The lowest BCUT2D eigenvalue weighted by Gasteiger charge is -2.35. The highest BCUT2D eigenvalue weighted by Gasteiger charge is 2.42. The number of benzene rings is 1. The van der Waals surface area contributed by atoms with Gasteiger partial charge in [-0.3, -0.25) is 9.80 Å². The molecule has 2 amide bonds. The number of carbonyl (C=O) groups is 2. The predicted molar refractivity (Wildman–Crippen MR) is 179 cm³/mol. The van der Waals surface area contributed by atoms with Crippen LogP contribution in [0.15, 0.2) is 30.6 Å². The number of anilines is 4. The molecule has 2 aromatic heterocycles. The quantitative estimate of drug-likeness (QED) is 0.334. The molecule has 0 spiro atoms. The minimum absolute atomic E-state index is 0.328. The maximum absolute atomic E-state index is 13.1. The molecule has 3 aromatic rings. The van der Waals surface area contributed by atoms with Gasteiger partial charge in [-0.05, 0) is 97.6 Å². The first-order valence-corrected chi connectivity index (χ1v) is 16.1. The number of hydrogen-bond acceptors (Lipinski definition) is 10. The molecule has 6 rings (SSSR count). The summed E-state index contributed by atoms with van der Waals surface area (Å²) in [5.41, 5.74) is 5.76. The van der Waals surface area contributed by atoms with Gasteiger partial charge in [0.15, 0.2) is 0 Å². The van der Waals surface area contributed by atoms with Gasteiger partial charge >= 0.3 is 12.2 Å². The monoisotopic (exact) mass is 643 g/mol. The van der Waals surface area contributed by atoms with E-state index in [4.69, 9.17) is 19.2 Å². The number of pyridine rings is 1. The van der Waals surface area contributed by atoms with E-state index in [0.717, 1.165) is 52.3 Å². The first-order valence-electron chi connectivity index (χ1n) is 16.1. The van der Waals surface area contributed by atoms with Crippen LogP contribution in [0.3, 0.4) is 0 Å². The molecule has 0 fully saturated rings. The molecule has 0 atom stereocenters. The second-order valence-corrected chi connectivity index (χ2v) is 14.9. The van der Waals surface area contributed by atoms with Crippen molar-refractivity contribution in [3.8, 4) is 5.88 Å². The normalized spacial score (nSPS) is 16.9. The predicted octanol–water partition coefficient (Wildman–Crippen LogP) is 6.61. The maximum atomic E-state index is 13.1. The first kappa shape index (κ1) is 32.3. The highest BCUT2D eigenvalue weighted by molar-refractivity contribution is 5.92. The topological polar surface area (TPSA) is 122 Å². The molecule has 47 heavy (non-hydrogen) atoms. The molecule has 0 saturated carbocycles. The molecule has 0 radical (unpaired) electrons. The lowest BCUT2D eigenvalue weighted by atomic mass is 9.93. The van der Waals surface area contributed by atoms with Crippen molar-refractivity contribution in [1.82, 2.24) is 19.9 Å². The van der Waals surface area contributed by atoms with E-state index in [1.165, 1.54) is 0 Å². The van der Waals surface area contributed by atoms with Crippen molar-refractivity contribution in [2.24, 2.45) is 0 Å². The Morgan fingerprint density at radius 3 is 2.38 bits per heavy atom. The van der Waals surface area contributed by atoms with E-state index in [0.29, 0.717) is 43.8 Å². The molecule has 0 unspecified atom stereocenters. The van der Waals surface area contributed by atoms with Crippen LogP contribution in [0.2, 0.25) is 0 Å². The van der Waals surface area contributed by atoms with E-state index in [1.54, 1.807) is 9.80 Å². The van der Waals surface area contributed by atoms with Gasteiger partial charge in [-0.1, -0.05) is 6.07 Å². The number of fused-ring (bicyclic) bond motifs is 3. The van der Waals surface area contributed by atoms with E-state index < -0.39 is 22.8 Å². The SMILES string of the molecule is Cc1c(N2CCc3cnc(Nc4ccc5c(c4)CN(C(=O)OC(C)(C)C)C5(C)C)nc3C2)cnc2c1N(C(=O)OC(C)(C)C)CCO2. The maximum Gasteiger partial charge on any atom is 0.415 e. The van der Waals surface area contributed by atoms with Crippen LogP contribution < -0.4 is 19.9 Å². The van der Waals surface area contributed by atoms with Crippen molar-refractivity contribution >= 4 is 35.2 Å². The molecule has 12 nitrogen and oxygen atoms in total. The van der Waals surface area contributed by atoms with Gasteiger partial charge in [0.25, 0.3) is 0 Å². The van der Waals surface area contributed by atoms with Gasteiger partial charge in [0.05, 0.1) is 42.8 Å². The van der Waals surface area contributed by atoms with Gasteiger partial charge in [0.2, 0.25) is 11.8 Å². The van der Waals surface area contributed by atoms with Crippen LogP contribution >= 0.6 is 0 Å². The van der Waals surface area contributed by atoms with Crippen LogP contribution in [0.5, 0.6) is 5.88 Å². The van der Waals surface area contributed by atoms with E-state index >= 15 is 0 Å². The molecular weight excluding hydrogens is 598 g/mol. The average Bonchev–Trinajstić information content (AvgIpc) is 3.24. The molecule has 12 heteroatoms. The zero-order chi connectivity index (χ0) is 33.9. The Hall–Kier alpha value is -4.61.